The number of aromatic nitrogens is 2. The number of thioether (sulfide) groups is 1. The first-order valence-electron chi connectivity index (χ1n) is 4.93. The van der Waals surface area contributed by atoms with E-state index in [4.69, 9.17) is 11.6 Å². The summed E-state index contributed by atoms with van der Waals surface area (Å²) in [6, 6.07) is 12.1. The maximum absolute atomic E-state index is 5.72. The average Bonchev–Trinajstić information content (AvgIpc) is 2.38. The molecule has 82 valence electrons. The maximum Gasteiger partial charge on any atom is 0.138 e. The van der Waals surface area contributed by atoms with E-state index in [9.17, 15) is 0 Å². The molecule has 0 atom stereocenters. The van der Waals surface area contributed by atoms with Crippen LogP contribution in [0.25, 0.3) is 0 Å². The Hall–Kier alpha value is -1.06. The van der Waals surface area contributed by atoms with Gasteiger partial charge in [0.05, 0.1) is 17.3 Å². The smallest absolute Gasteiger partial charge is 0.138 e. The van der Waals surface area contributed by atoms with Gasteiger partial charge in [-0.15, -0.1) is 23.4 Å². The number of alkyl halides is 1. The summed E-state index contributed by atoms with van der Waals surface area (Å²) in [6.07, 6.45) is 1.76. The Balaban J connectivity index is 1.99. The van der Waals surface area contributed by atoms with Crippen molar-refractivity contribution in [3.05, 3.63) is 54.1 Å². The Morgan fingerprint density at radius 3 is 2.69 bits per heavy atom. The highest BCUT2D eigenvalue weighted by Gasteiger charge is 2.00. The number of rotatable bonds is 4. The van der Waals surface area contributed by atoms with Crippen LogP contribution in [0.1, 0.15) is 11.5 Å². The molecule has 0 fully saturated rings. The van der Waals surface area contributed by atoms with Crippen LogP contribution in [-0.4, -0.2) is 9.97 Å². The number of hydrogen-bond acceptors (Lipinski definition) is 3. The zero-order chi connectivity index (χ0) is 11.2. The third-order valence-corrected chi connectivity index (χ3v) is 3.29. The zero-order valence-corrected chi connectivity index (χ0v) is 10.2. The molecule has 0 aliphatic heterocycles. The van der Waals surface area contributed by atoms with Crippen molar-refractivity contribution in [2.24, 2.45) is 0 Å². The van der Waals surface area contributed by atoms with Gasteiger partial charge in [0.2, 0.25) is 0 Å². The molecule has 4 heteroatoms. The number of hydrogen-bond donors (Lipinski definition) is 0. The molecule has 0 saturated carbocycles. The van der Waals surface area contributed by atoms with Gasteiger partial charge in [0.1, 0.15) is 5.82 Å². The highest BCUT2D eigenvalue weighted by molar-refractivity contribution is 7.98. The van der Waals surface area contributed by atoms with Crippen LogP contribution in [0.5, 0.6) is 0 Å². The lowest BCUT2D eigenvalue weighted by Gasteiger charge is -2.01. The lowest BCUT2D eigenvalue weighted by Crippen LogP contribution is -1.95. The first-order chi connectivity index (χ1) is 7.88. The number of nitrogens with zero attached hydrogens (tertiary/aromatic N) is 2. The van der Waals surface area contributed by atoms with Gasteiger partial charge in [0.15, 0.2) is 0 Å². The van der Waals surface area contributed by atoms with Gasteiger partial charge >= 0.3 is 0 Å². The second kappa shape index (κ2) is 5.87. The van der Waals surface area contributed by atoms with Crippen LogP contribution in [0.4, 0.5) is 0 Å². The average molecular weight is 251 g/mol. The minimum atomic E-state index is 0.436. The van der Waals surface area contributed by atoms with Gasteiger partial charge in [-0.3, -0.25) is 0 Å². The molecule has 1 heterocycles. The van der Waals surface area contributed by atoms with Crippen molar-refractivity contribution in [1.82, 2.24) is 9.97 Å². The Kier molecular flexibility index (Phi) is 4.19. The molecular formula is C12H11ClN2S. The summed E-state index contributed by atoms with van der Waals surface area (Å²) < 4.78 is 0. The van der Waals surface area contributed by atoms with Crippen LogP contribution in [-0.2, 0) is 11.6 Å². The summed E-state index contributed by atoms with van der Waals surface area (Å²) in [4.78, 5) is 9.78. The lowest BCUT2D eigenvalue weighted by atomic mass is 10.4. The molecule has 1 aromatic carbocycles. The standard InChI is InChI=1S/C12H11ClN2S/c13-8-10-6-7-14-12(15-10)9-16-11-4-2-1-3-5-11/h1-7H,8-9H2. The fourth-order valence-electron chi connectivity index (χ4n) is 1.25. The van der Waals surface area contributed by atoms with Crippen molar-refractivity contribution in [3.63, 3.8) is 0 Å². The fraction of sp³-hybridized carbons (Fsp3) is 0.167. The summed E-state index contributed by atoms with van der Waals surface area (Å²) >= 11 is 7.44. The molecule has 2 rings (SSSR count). The Labute approximate surface area is 104 Å². The van der Waals surface area contributed by atoms with Crippen molar-refractivity contribution in [2.75, 3.05) is 0 Å². The van der Waals surface area contributed by atoms with Gasteiger partial charge in [-0.2, -0.15) is 0 Å². The van der Waals surface area contributed by atoms with E-state index in [-0.39, 0.29) is 0 Å². The predicted octanol–water partition coefficient (Wildman–Crippen LogP) is 3.51. The molecule has 16 heavy (non-hydrogen) atoms. The molecule has 0 aliphatic carbocycles. The van der Waals surface area contributed by atoms with E-state index in [1.54, 1.807) is 18.0 Å². The van der Waals surface area contributed by atoms with Crippen LogP contribution in [0.2, 0.25) is 0 Å². The van der Waals surface area contributed by atoms with E-state index < -0.39 is 0 Å². The first kappa shape index (κ1) is 11.4. The summed E-state index contributed by atoms with van der Waals surface area (Å²) in [7, 11) is 0. The van der Waals surface area contributed by atoms with Gasteiger partial charge in [-0.1, -0.05) is 18.2 Å². The Morgan fingerprint density at radius 1 is 1.12 bits per heavy atom. The Morgan fingerprint density at radius 2 is 1.94 bits per heavy atom. The van der Waals surface area contributed by atoms with Crippen LogP contribution >= 0.6 is 23.4 Å². The van der Waals surface area contributed by atoms with Gasteiger partial charge in [0, 0.05) is 11.1 Å². The number of halogens is 1. The molecule has 0 aliphatic rings. The molecule has 0 N–H and O–H groups in total. The summed E-state index contributed by atoms with van der Waals surface area (Å²) in [5.41, 5.74) is 0.875. The Bertz CT molecular complexity index is 448. The molecule has 0 unspecified atom stereocenters. The normalized spacial score (nSPS) is 10.3. The largest absolute Gasteiger partial charge is 0.240 e. The molecule has 1 aromatic heterocycles. The molecule has 2 nitrogen and oxygen atoms in total. The topological polar surface area (TPSA) is 25.8 Å². The van der Waals surface area contributed by atoms with E-state index in [1.165, 1.54) is 4.90 Å². The molecule has 0 radical (unpaired) electrons. The third-order valence-electron chi connectivity index (χ3n) is 2.01. The maximum atomic E-state index is 5.72. The molecule has 0 bridgehead atoms. The van der Waals surface area contributed by atoms with Gasteiger partial charge < -0.3 is 0 Å². The van der Waals surface area contributed by atoms with Crippen LogP contribution in [0.3, 0.4) is 0 Å². The summed E-state index contributed by atoms with van der Waals surface area (Å²) in [6.45, 7) is 0. The molecule has 0 spiro atoms. The summed E-state index contributed by atoms with van der Waals surface area (Å²) in [5, 5.41) is 0. The van der Waals surface area contributed by atoms with E-state index in [0.717, 1.165) is 17.3 Å². The fourth-order valence-corrected chi connectivity index (χ4v) is 2.18. The van der Waals surface area contributed by atoms with Crippen molar-refractivity contribution in [1.29, 1.82) is 0 Å². The van der Waals surface area contributed by atoms with Crippen molar-refractivity contribution in [3.8, 4) is 0 Å². The quantitative estimate of drug-likeness (QED) is 0.614. The van der Waals surface area contributed by atoms with E-state index in [0.29, 0.717) is 5.88 Å². The van der Waals surface area contributed by atoms with Crippen molar-refractivity contribution < 1.29 is 0 Å². The molecule has 0 amide bonds. The van der Waals surface area contributed by atoms with E-state index in [2.05, 4.69) is 22.1 Å². The van der Waals surface area contributed by atoms with E-state index >= 15 is 0 Å². The number of benzene rings is 1. The minimum Gasteiger partial charge on any atom is -0.240 e. The molecule has 2 aromatic rings. The highest BCUT2D eigenvalue weighted by atomic mass is 35.5. The van der Waals surface area contributed by atoms with Crippen molar-refractivity contribution in [2.45, 2.75) is 16.5 Å². The van der Waals surface area contributed by atoms with Crippen LogP contribution < -0.4 is 0 Å². The van der Waals surface area contributed by atoms with E-state index in [1.807, 2.05) is 24.3 Å². The summed E-state index contributed by atoms with van der Waals surface area (Å²) in [5.74, 6) is 2.03. The zero-order valence-electron chi connectivity index (χ0n) is 8.64. The predicted molar refractivity (Wildman–Crippen MR) is 67.6 cm³/mol. The molecular weight excluding hydrogens is 240 g/mol. The third kappa shape index (κ3) is 3.22. The van der Waals surface area contributed by atoms with Gasteiger partial charge in [0.25, 0.3) is 0 Å². The molecule has 0 saturated heterocycles. The second-order valence-electron chi connectivity index (χ2n) is 3.20. The lowest BCUT2D eigenvalue weighted by molar-refractivity contribution is 0.986. The highest BCUT2D eigenvalue weighted by Crippen LogP contribution is 2.20. The van der Waals surface area contributed by atoms with Crippen LogP contribution in [0, 0.1) is 0 Å². The first-order valence-corrected chi connectivity index (χ1v) is 6.45. The van der Waals surface area contributed by atoms with Crippen LogP contribution in [0.15, 0.2) is 47.5 Å². The SMILES string of the molecule is ClCc1ccnc(CSc2ccccc2)n1. The van der Waals surface area contributed by atoms with Gasteiger partial charge in [-0.25, -0.2) is 9.97 Å². The van der Waals surface area contributed by atoms with Crippen molar-refractivity contribution >= 4 is 23.4 Å². The second-order valence-corrected chi connectivity index (χ2v) is 4.52. The minimum absolute atomic E-state index is 0.436. The monoisotopic (exact) mass is 250 g/mol. The van der Waals surface area contributed by atoms with Gasteiger partial charge in [-0.05, 0) is 18.2 Å².